The van der Waals surface area contributed by atoms with Gasteiger partial charge in [0.1, 0.15) is 11.6 Å². The molecule has 1 saturated heterocycles. The van der Waals surface area contributed by atoms with Crippen LogP contribution in [0.4, 0.5) is 11.8 Å². The fourth-order valence-electron chi connectivity index (χ4n) is 3.22. The number of likely N-dealkylation sites (N-methyl/N-ethyl adjacent to an activating group) is 1. The first-order chi connectivity index (χ1) is 13.1. The van der Waals surface area contributed by atoms with Gasteiger partial charge in [0, 0.05) is 39.8 Å². The van der Waals surface area contributed by atoms with Crippen LogP contribution in [0.5, 0.6) is 5.75 Å². The largest absolute Gasteiger partial charge is 0.497 e. The predicted octanol–water partition coefficient (Wildman–Crippen LogP) is 2.16. The lowest BCUT2D eigenvalue weighted by Crippen LogP contribution is -2.45. The monoisotopic (exact) mass is 403 g/mol. The molecule has 1 N–H and O–H groups in total. The Morgan fingerprint density at radius 3 is 2.43 bits per heavy atom. The molecule has 150 valence electrons. The average molecular weight is 404 g/mol. The fourth-order valence-corrected chi connectivity index (χ4v) is 3.22. The number of hydrogen-bond donors (Lipinski definition) is 1. The quantitative estimate of drug-likeness (QED) is 0.699. The number of piperazine rings is 1. The van der Waals surface area contributed by atoms with Crippen LogP contribution >= 0.6 is 12.4 Å². The van der Waals surface area contributed by atoms with E-state index in [1.165, 1.54) is 0 Å². The summed E-state index contributed by atoms with van der Waals surface area (Å²) >= 11 is 0. The number of hydrogen-bond acceptors (Lipinski definition) is 7. The number of anilines is 2. The van der Waals surface area contributed by atoms with Crippen LogP contribution in [0.2, 0.25) is 0 Å². The number of rotatable bonds is 5. The van der Waals surface area contributed by atoms with E-state index in [0.717, 1.165) is 60.3 Å². The molecule has 0 aliphatic carbocycles. The molecule has 2 aromatic heterocycles. The maximum absolute atomic E-state index is 5.22. The lowest BCUT2D eigenvalue weighted by atomic mass is 10.2. The summed E-state index contributed by atoms with van der Waals surface area (Å²) in [4.78, 5) is 14.1. The molecule has 0 unspecified atom stereocenters. The number of benzene rings is 1. The van der Waals surface area contributed by atoms with E-state index in [1.807, 2.05) is 25.4 Å². The molecule has 3 heterocycles. The lowest BCUT2D eigenvalue weighted by molar-refractivity contribution is 0.311. The summed E-state index contributed by atoms with van der Waals surface area (Å²) in [5.41, 5.74) is 2.00. The van der Waals surface area contributed by atoms with Gasteiger partial charge in [0.15, 0.2) is 5.65 Å². The van der Waals surface area contributed by atoms with Gasteiger partial charge in [0.2, 0.25) is 5.95 Å². The molecule has 0 atom stereocenters. The molecule has 0 amide bonds. The number of fused-ring (bicyclic) bond motifs is 1. The Kier molecular flexibility index (Phi) is 6.21. The van der Waals surface area contributed by atoms with E-state index >= 15 is 0 Å². The standard InChI is InChI=1S/C19H25N7O.ClH/c1-24-8-10-26(11-9-24)19-22-17(16-13-21-25(2)18(16)23-19)20-12-14-4-6-15(27-3)7-5-14;/h4-7,13H,8-12H2,1-3H3,(H,20,22,23);1H. The van der Waals surface area contributed by atoms with Gasteiger partial charge < -0.3 is 19.9 Å². The van der Waals surface area contributed by atoms with Crippen molar-refractivity contribution in [2.75, 3.05) is 50.6 Å². The molecule has 9 heteroatoms. The van der Waals surface area contributed by atoms with Crippen LogP contribution in [0.1, 0.15) is 5.56 Å². The highest BCUT2D eigenvalue weighted by molar-refractivity contribution is 5.87. The number of ether oxygens (including phenoxy) is 1. The number of aryl methyl sites for hydroxylation is 1. The molecule has 0 radical (unpaired) electrons. The average Bonchev–Trinajstić information content (AvgIpc) is 3.08. The van der Waals surface area contributed by atoms with Crippen LogP contribution in [0.25, 0.3) is 11.0 Å². The maximum atomic E-state index is 5.22. The van der Waals surface area contributed by atoms with Crippen LogP contribution in [0.3, 0.4) is 0 Å². The van der Waals surface area contributed by atoms with Crippen molar-refractivity contribution < 1.29 is 4.74 Å². The molecule has 1 aliphatic heterocycles. The Morgan fingerprint density at radius 2 is 1.75 bits per heavy atom. The Bertz CT molecular complexity index is 920. The second-order valence-electron chi connectivity index (χ2n) is 6.87. The minimum Gasteiger partial charge on any atom is -0.497 e. The lowest BCUT2D eigenvalue weighted by Gasteiger charge is -2.32. The molecule has 1 aliphatic rings. The van der Waals surface area contributed by atoms with Crippen LogP contribution in [-0.2, 0) is 13.6 Å². The van der Waals surface area contributed by atoms with E-state index in [2.05, 4.69) is 39.4 Å². The van der Waals surface area contributed by atoms with E-state index in [4.69, 9.17) is 14.7 Å². The third-order valence-corrected chi connectivity index (χ3v) is 4.99. The van der Waals surface area contributed by atoms with Crippen LogP contribution in [0, 0.1) is 0 Å². The van der Waals surface area contributed by atoms with Gasteiger partial charge in [0.05, 0.1) is 18.7 Å². The first kappa shape index (κ1) is 20.2. The van der Waals surface area contributed by atoms with E-state index in [0.29, 0.717) is 6.54 Å². The fraction of sp³-hybridized carbons (Fsp3) is 0.421. The van der Waals surface area contributed by atoms with E-state index in [9.17, 15) is 0 Å². The third kappa shape index (κ3) is 4.13. The Hall–Kier alpha value is -2.58. The van der Waals surface area contributed by atoms with Gasteiger partial charge in [-0.25, -0.2) is 0 Å². The second kappa shape index (κ2) is 8.62. The second-order valence-corrected chi connectivity index (χ2v) is 6.87. The van der Waals surface area contributed by atoms with Gasteiger partial charge in [0.25, 0.3) is 0 Å². The Labute approximate surface area is 170 Å². The van der Waals surface area contributed by atoms with Crippen LogP contribution in [0.15, 0.2) is 30.5 Å². The zero-order valence-electron chi connectivity index (χ0n) is 16.4. The van der Waals surface area contributed by atoms with Crippen molar-refractivity contribution in [3.63, 3.8) is 0 Å². The summed E-state index contributed by atoms with van der Waals surface area (Å²) in [6, 6.07) is 8.03. The number of methoxy groups -OCH3 is 1. The number of nitrogens with zero attached hydrogens (tertiary/aromatic N) is 6. The van der Waals surface area contributed by atoms with Crippen molar-refractivity contribution in [2.24, 2.45) is 7.05 Å². The molecule has 0 spiro atoms. The number of aromatic nitrogens is 4. The van der Waals surface area contributed by atoms with Gasteiger partial charge in [-0.05, 0) is 24.7 Å². The van der Waals surface area contributed by atoms with Crippen molar-refractivity contribution >= 4 is 35.2 Å². The van der Waals surface area contributed by atoms with Crippen molar-refractivity contribution in [3.8, 4) is 5.75 Å². The SMILES string of the molecule is COc1ccc(CNc2nc(N3CCN(C)CC3)nc3c2cnn3C)cc1.Cl. The number of halogens is 1. The van der Waals surface area contributed by atoms with Crippen LogP contribution in [-0.4, -0.2) is 65.0 Å². The highest BCUT2D eigenvalue weighted by Gasteiger charge is 2.19. The topological polar surface area (TPSA) is 71.3 Å². The minimum absolute atomic E-state index is 0. The van der Waals surface area contributed by atoms with E-state index in [-0.39, 0.29) is 12.4 Å². The van der Waals surface area contributed by atoms with Crippen molar-refractivity contribution in [1.82, 2.24) is 24.6 Å². The smallest absolute Gasteiger partial charge is 0.229 e. The van der Waals surface area contributed by atoms with Gasteiger partial charge in [-0.1, -0.05) is 12.1 Å². The first-order valence-electron chi connectivity index (χ1n) is 9.14. The van der Waals surface area contributed by atoms with Crippen molar-refractivity contribution in [2.45, 2.75) is 6.54 Å². The van der Waals surface area contributed by atoms with Gasteiger partial charge >= 0.3 is 0 Å². The highest BCUT2D eigenvalue weighted by atomic mass is 35.5. The molecular weight excluding hydrogens is 378 g/mol. The predicted molar refractivity (Wildman–Crippen MR) is 114 cm³/mol. The highest BCUT2D eigenvalue weighted by Crippen LogP contribution is 2.24. The molecule has 1 aromatic carbocycles. The minimum atomic E-state index is 0. The zero-order chi connectivity index (χ0) is 18.8. The summed E-state index contributed by atoms with van der Waals surface area (Å²) in [6.45, 7) is 4.56. The third-order valence-electron chi connectivity index (χ3n) is 4.99. The zero-order valence-corrected chi connectivity index (χ0v) is 17.2. The van der Waals surface area contributed by atoms with Gasteiger partial charge in [-0.3, -0.25) is 4.68 Å². The molecule has 1 fully saturated rings. The van der Waals surface area contributed by atoms with E-state index in [1.54, 1.807) is 11.8 Å². The maximum Gasteiger partial charge on any atom is 0.229 e. The van der Waals surface area contributed by atoms with E-state index < -0.39 is 0 Å². The van der Waals surface area contributed by atoms with Crippen molar-refractivity contribution in [3.05, 3.63) is 36.0 Å². The summed E-state index contributed by atoms with van der Waals surface area (Å²) in [7, 11) is 5.73. The summed E-state index contributed by atoms with van der Waals surface area (Å²) in [6.07, 6.45) is 1.82. The summed E-state index contributed by atoms with van der Waals surface area (Å²) in [5, 5.41) is 8.76. The molecular formula is C19H26ClN7O. The number of nitrogens with one attached hydrogen (secondary N) is 1. The normalized spacial score (nSPS) is 14.8. The van der Waals surface area contributed by atoms with Crippen LogP contribution < -0.4 is 15.0 Å². The van der Waals surface area contributed by atoms with Gasteiger partial charge in [-0.2, -0.15) is 15.1 Å². The Balaban J connectivity index is 0.00000225. The summed E-state index contributed by atoms with van der Waals surface area (Å²) < 4.78 is 7.02. The molecule has 0 bridgehead atoms. The summed E-state index contributed by atoms with van der Waals surface area (Å²) in [5.74, 6) is 2.43. The Morgan fingerprint density at radius 1 is 1.04 bits per heavy atom. The molecule has 8 nitrogen and oxygen atoms in total. The van der Waals surface area contributed by atoms with Crippen molar-refractivity contribution in [1.29, 1.82) is 0 Å². The molecule has 28 heavy (non-hydrogen) atoms. The molecule has 3 aromatic rings. The van der Waals surface area contributed by atoms with Gasteiger partial charge in [-0.15, -0.1) is 12.4 Å². The molecule has 4 rings (SSSR count). The molecule has 0 saturated carbocycles. The first-order valence-corrected chi connectivity index (χ1v) is 9.14.